The first-order valence-electron chi connectivity index (χ1n) is 10.7. The molecular weight excluding hydrogens is 424 g/mol. The zero-order chi connectivity index (χ0) is 23.0. The maximum Gasteiger partial charge on any atom is 0.241 e. The smallest absolute Gasteiger partial charge is 0.241 e. The molecule has 2 aromatic carbocycles. The van der Waals surface area contributed by atoms with Crippen LogP contribution in [0.2, 0.25) is 0 Å². The number of rotatable bonds is 9. The molecule has 1 fully saturated rings. The number of carbonyl (C=O) groups is 1. The highest BCUT2D eigenvalue weighted by Gasteiger charge is 2.29. The number of allylic oxidation sites excluding steroid dienone is 1. The van der Waals surface area contributed by atoms with Crippen molar-refractivity contribution >= 4 is 21.8 Å². The second kappa shape index (κ2) is 11.1. The van der Waals surface area contributed by atoms with Crippen molar-refractivity contribution in [1.29, 1.82) is 5.41 Å². The lowest BCUT2D eigenvalue weighted by Crippen LogP contribution is -2.47. The Morgan fingerprint density at radius 2 is 1.78 bits per heavy atom. The predicted octanol–water partition coefficient (Wildman–Crippen LogP) is 2.57. The Hall–Kier alpha value is -2.97. The van der Waals surface area contributed by atoms with Crippen LogP contribution in [0.1, 0.15) is 36.0 Å². The normalized spacial score (nSPS) is 17.4. The monoisotopic (exact) mass is 454 g/mol. The van der Waals surface area contributed by atoms with Crippen LogP contribution in [0.5, 0.6) is 0 Å². The SMILES string of the molecule is N=C(N)c1ccc(CC=CCN2CCCC[C@H](NS(=O)(=O)Cc3ccccc3)C2=O)cc1. The fourth-order valence-corrected chi connectivity index (χ4v) is 5.06. The predicted molar refractivity (Wildman–Crippen MR) is 127 cm³/mol. The lowest BCUT2D eigenvalue weighted by molar-refractivity contribution is -0.131. The third kappa shape index (κ3) is 7.03. The zero-order valence-electron chi connectivity index (χ0n) is 18.0. The van der Waals surface area contributed by atoms with E-state index >= 15 is 0 Å². The van der Waals surface area contributed by atoms with Crippen LogP contribution in [0, 0.1) is 5.41 Å². The number of amides is 1. The Balaban J connectivity index is 1.55. The number of hydrogen-bond acceptors (Lipinski definition) is 4. The van der Waals surface area contributed by atoms with E-state index in [2.05, 4.69) is 4.72 Å². The molecule has 1 saturated heterocycles. The maximum atomic E-state index is 13.0. The Morgan fingerprint density at radius 3 is 2.47 bits per heavy atom. The van der Waals surface area contributed by atoms with Crippen LogP contribution in [0.25, 0.3) is 0 Å². The van der Waals surface area contributed by atoms with Gasteiger partial charge >= 0.3 is 0 Å². The average molecular weight is 455 g/mol. The summed E-state index contributed by atoms with van der Waals surface area (Å²) >= 11 is 0. The molecule has 8 heteroatoms. The molecule has 0 spiro atoms. The number of nitrogens with two attached hydrogens (primary N) is 1. The summed E-state index contributed by atoms with van der Waals surface area (Å²) in [6.07, 6.45) is 6.80. The van der Waals surface area contributed by atoms with Gasteiger partial charge in [-0.2, -0.15) is 0 Å². The van der Waals surface area contributed by atoms with Crippen LogP contribution >= 0.6 is 0 Å². The number of nitrogens with one attached hydrogen (secondary N) is 2. The Morgan fingerprint density at radius 1 is 1.06 bits per heavy atom. The number of sulfonamides is 1. The number of nitrogen functional groups attached to an aromatic ring is 1. The van der Waals surface area contributed by atoms with Gasteiger partial charge in [0.1, 0.15) is 11.9 Å². The van der Waals surface area contributed by atoms with Gasteiger partial charge in [0.25, 0.3) is 0 Å². The van der Waals surface area contributed by atoms with Gasteiger partial charge in [0.15, 0.2) is 0 Å². The van der Waals surface area contributed by atoms with Crippen molar-refractivity contribution < 1.29 is 13.2 Å². The number of carbonyl (C=O) groups excluding carboxylic acids is 1. The Bertz CT molecular complexity index is 1050. The number of nitrogens with zero attached hydrogens (tertiary/aromatic N) is 1. The van der Waals surface area contributed by atoms with E-state index in [1.165, 1.54) is 0 Å². The molecule has 0 aromatic heterocycles. The highest BCUT2D eigenvalue weighted by Crippen LogP contribution is 2.15. The van der Waals surface area contributed by atoms with Gasteiger partial charge < -0.3 is 10.6 Å². The van der Waals surface area contributed by atoms with Crippen molar-refractivity contribution in [3.8, 4) is 0 Å². The van der Waals surface area contributed by atoms with E-state index in [1.54, 1.807) is 29.2 Å². The quantitative estimate of drug-likeness (QED) is 0.307. The summed E-state index contributed by atoms with van der Waals surface area (Å²) in [7, 11) is -3.62. The molecular formula is C24H30N4O3S. The second-order valence-electron chi connectivity index (χ2n) is 7.98. The number of benzene rings is 2. The minimum Gasteiger partial charge on any atom is -0.384 e. The number of likely N-dealkylation sites (tertiary alicyclic amines) is 1. The number of amidine groups is 1. The Kier molecular flexibility index (Phi) is 8.19. The molecule has 1 atom stereocenters. The fourth-order valence-electron chi connectivity index (χ4n) is 3.69. The van der Waals surface area contributed by atoms with E-state index in [0.717, 1.165) is 18.4 Å². The molecule has 3 rings (SSSR count). The summed E-state index contributed by atoms with van der Waals surface area (Å²) < 4.78 is 27.8. The lowest BCUT2D eigenvalue weighted by atomic mass is 10.1. The first-order valence-corrected chi connectivity index (χ1v) is 12.4. The van der Waals surface area contributed by atoms with Crippen LogP contribution < -0.4 is 10.5 Å². The van der Waals surface area contributed by atoms with Gasteiger partial charge in [-0.3, -0.25) is 10.2 Å². The molecule has 1 heterocycles. The standard InChI is InChI=1S/C24H30N4O3S/c25-23(26)21-14-12-19(13-15-21)8-4-6-16-28-17-7-5-11-22(24(28)29)27-32(30,31)18-20-9-2-1-3-10-20/h1-4,6,9-10,12-15,22,27H,5,7-8,11,16-18H2,(H3,25,26)/t22-/m0/s1. The summed E-state index contributed by atoms with van der Waals surface area (Å²) in [4.78, 5) is 14.7. The largest absolute Gasteiger partial charge is 0.384 e. The molecule has 0 radical (unpaired) electrons. The molecule has 0 unspecified atom stereocenters. The first-order chi connectivity index (χ1) is 15.3. The molecule has 170 valence electrons. The molecule has 7 nitrogen and oxygen atoms in total. The minimum atomic E-state index is -3.62. The van der Waals surface area contributed by atoms with E-state index < -0.39 is 16.1 Å². The van der Waals surface area contributed by atoms with E-state index in [9.17, 15) is 13.2 Å². The van der Waals surface area contributed by atoms with Gasteiger partial charge in [0, 0.05) is 18.7 Å². The van der Waals surface area contributed by atoms with Crippen molar-refractivity contribution in [2.75, 3.05) is 13.1 Å². The molecule has 2 aromatic rings. The Labute approximate surface area is 189 Å². The average Bonchev–Trinajstić information content (AvgIpc) is 2.93. The first kappa shape index (κ1) is 23.7. The third-order valence-corrected chi connectivity index (χ3v) is 6.77. The minimum absolute atomic E-state index is 0.0423. The van der Waals surface area contributed by atoms with Crippen LogP contribution in [-0.4, -0.2) is 44.2 Å². The third-order valence-electron chi connectivity index (χ3n) is 5.41. The van der Waals surface area contributed by atoms with Gasteiger partial charge in [-0.05, 0) is 36.8 Å². The van der Waals surface area contributed by atoms with Gasteiger partial charge in [0.05, 0.1) is 5.75 Å². The van der Waals surface area contributed by atoms with E-state index in [4.69, 9.17) is 11.1 Å². The summed E-state index contributed by atoms with van der Waals surface area (Å²) in [5.41, 5.74) is 7.93. The van der Waals surface area contributed by atoms with E-state index in [0.29, 0.717) is 37.1 Å². The summed E-state index contributed by atoms with van der Waals surface area (Å²) in [5.74, 6) is -0.268. The number of hydrogen-bond donors (Lipinski definition) is 3. The van der Waals surface area contributed by atoms with Gasteiger partial charge in [0.2, 0.25) is 15.9 Å². The van der Waals surface area contributed by atoms with Crippen molar-refractivity contribution in [3.63, 3.8) is 0 Å². The van der Waals surface area contributed by atoms with E-state index in [1.807, 2.05) is 42.5 Å². The fraction of sp³-hybridized carbons (Fsp3) is 0.333. The summed E-state index contributed by atoms with van der Waals surface area (Å²) in [6, 6.07) is 15.7. The highest BCUT2D eigenvalue weighted by atomic mass is 32.2. The molecule has 1 aliphatic rings. The second-order valence-corrected chi connectivity index (χ2v) is 9.74. The van der Waals surface area contributed by atoms with Crippen molar-refractivity contribution in [1.82, 2.24) is 9.62 Å². The molecule has 0 saturated carbocycles. The molecule has 1 amide bonds. The zero-order valence-corrected chi connectivity index (χ0v) is 18.9. The van der Waals surface area contributed by atoms with Crippen LogP contribution in [0.3, 0.4) is 0 Å². The van der Waals surface area contributed by atoms with Crippen molar-refractivity contribution in [2.24, 2.45) is 5.73 Å². The maximum absolute atomic E-state index is 13.0. The lowest BCUT2D eigenvalue weighted by Gasteiger charge is -2.23. The van der Waals surface area contributed by atoms with Gasteiger partial charge in [-0.25, -0.2) is 13.1 Å². The summed E-state index contributed by atoms with van der Waals surface area (Å²) in [5, 5.41) is 7.43. The van der Waals surface area contributed by atoms with Crippen LogP contribution in [0.4, 0.5) is 0 Å². The molecule has 0 bridgehead atoms. The molecule has 32 heavy (non-hydrogen) atoms. The molecule has 0 aliphatic carbocycles. The van der Waals surface area contributed by atoms with Crippen LogP contribution in [-0.2, 0) is 27.0 Å². The highest BCUT2D eigenvalue weighted by molar-refractivity contribution is 7.88. The summed E-state index contributed by atoms with van der Waals surface area (Å²) in [6.45, 7) is 1.06. The van der Waals surface area contributed by atoms with Gasteiger partial charge in [-0.1, -0.05) is 66.7 Å². The van der Waals surface area contributed by atoms with Gasteiger partial charge in [-0.15, -0.1) is 0 Å². The van der Waals surface area contributed by atoms with Crippen molar-refractivity contribution in [3.05, 3.63) is 83.4 Å². The molecule has 4 N–H and O–H groups in total. The molecule has 1 aliphatic heterocycles. The topological polar surface area (TPSA) is 116 Å². The van der Waals surface area contributed by atoms with Crippen LogP contribution in [0.15, 0.2) is 66.7 Å². The van der Waals surface area contributed by atoms with E-state index in [-0.39, 0.29) is 17.5 Å². The van der Waals surface area contributed by atoms with Crippen molar-refractivity contribution in [2.45, 2.75) is 37.5 Å².